The fraction of sp³-hybridized carbons (Fsp3) is 0.923. The van der Waals surface area contributed by atoms with Gasteiger partial charge in [-0.3, -0.25) is 4.79 Å². The molecule has 1 rings (SSSR count). The quantitative estimate of drug-likeness (QED) is 0.426. The maximum atomic E-state index is 11.0. The van der Waals surface area contributed by atoms with Gasteiger partial charge in [0.25, 0.3) is 0 Å². The van der Waals surface area contributed by atoms with E-state index in [2.05, 4.69) is 0 Å². The zero-order valence-corrected chi connectivity index (χ0v) is 10.4. The van der Waals surface area contributed by atoms with Gasteiger partial charge in [0.2, 0.25) is 0 Å². The van der Waals surface area contributed by atoms with Gasteiger partial charge in [-0.15, -0.1) is 0 Å². The molecule has 0 unspecified atom stereocenters. The summed E-state index contributed by atoms with van der Waals surface area (Å²) in [5.74, 6) is 0.890. The predicted octanol–water partition coefficient (Wildman–Crippen LogP) is 2.93. The summed E-state index contributed by atoms with van der Waals surface area (Å²) in [6.45, 7) is 4.09. The first kappa shape index (κ1) is 13.5. The van der Waals surface area contributed by atoms with Gasteiger partial charge in [0, 0.05) is 19.6 Å². The molecular weight excluding hydrogens is 204 g/mol. The molecule has 94 valence electrons. The molecule has 1 aliphatic carbocycles. The number of carbonyl (C=O) groups excluding carboxylic acids is 1. The van der Waals surface area contributed by atoms with Crippen LogP contribution in [0.5, 0.6) is 0 Å². The molecule has 3 nitrogen and oxygen atoms in total. The van der Waals surface area contributed by atoms with Crippen molar-refractivity contribution in [2.75, 3.05) is 19.8 Å². The lowest BCUT2D eigenvalue weighted by atomic mass is 10.2. The molecular formula is C13H24O3. The Hall–Kier alpha value is -0.570. The minimum atomic E-state index is -0.0721. The van der Waals surface area contributed by atoms with E-state index in [1.807, 2.05) is 6.92 Å². The van der Waals surface area contributed by atoms with Crippen LogP contribution in [-0.2, 0) is 14.3 Å². The zero-order chi connectivity index (χ0) is 11.6. The SMILES string of the molecule is CCOC(=O)CCCCCOCCC1CC1. The molecule has 0 amide bonds. The molecule has 1 aliphatic rings. The monoisotopic (exact) mass is 228 g/mol. The van der Waals surface area contributed by atoms with Crippen LogP contribution in [0.4, 0.5) is 0 Å². The third kappa shape index (κ3) is 7.69. The van der Waals surface area contributed by atoms with Gasteiger partial charge in [0.15, 0.2) is 0 Å². The Bertz CT molecular complexity index is 188. The van der Waals surface area contributed by atoms with Gasteiger partial charge in [0.05, 0.1) is 6.61 Å². The van der Waals surface area contributed by atoms with Gasteiger partial charge in [-0.2, -0.15) is 0 Å². The molecule has 1 saturated carbocycles. The number of hydrogen-bond donors (Lipinski definition) is 0. The summed E-state index contributed by atoms with van der Waals surface area (Å²) in [6.07, 6.45) is 7.64. The Kier molecular flexibility index (Phi) is 7.23. The number of hydrogen-bond acceptors (Lipinski definition) is 3. The lowest BCUT2D eigenvalue weighted by molar-refractivity contribution is -0.143. The molecule has 0 aliphatic heterocycles. The first-order valence-electron chi connectivity index (χ1n) is 6.56. The highest BCUT2D eigenvalue weighted by Gasteiger charge is 2.20. The van der Waals surface area contributed by atoms with E-state index in [1.54, 1.807) is 0 Å². The molecule has 0 atom stereocenters. The van der Waals surface area contributed by atoms with E-state index in [0.717, 1.165) is 38.4 Å². The summed E-state index contributed by atoms with van der Waals surface area (Å²) < 4.78 is 10.4. The summed E-state index contributed by atoms with van der Waals surface area (Å²) in [7, 11) is 0. The molecule has 0 heterocycles. The van der Waals surface area contributed by atoms with Crippen molar-refractivity contribution in [3.8, 4) is 0 Å². The zero-order valence-electron chi connectivity index (χ0n) is 10.4. The summed E-state index contributed by atoms with van der Waals surface area (Å²) in [5.41, 5.74) is 0. The first-order valence-corrected chi connectivity index (χ1v) is 6.56. The second kappa shape index (κ2) is 8.57. The Balaban J connectivity index is 1.71. The van der Waals surface area contributed by atoms with Crippen LogP contribution in [-0.4, -0.2) is 25.8 Å². The number of ether oxygens (including phenoxy) is 2. The van der Waals surface area contributed by atoms with E-state index in [-0.39, 0.29) is 5.97 Å². The van der Waals surface area contributed by atoms with Gasteiger partial charge < -0.3 is 9.47 Å². The average Bonchev–Trinajstić information content (AvgIpc) is 3.06. The lowest BCUT2D eigenvalue weighted by Crippen LogP contribution is -2.03. The second-order valence-electron chi connectivity index (χ2n) is 4.46. The van der Waals surface area contributed by atoms with Crippen molar-refractivity contribution in [3.63, 3.8) is 0 Å². The van der Waals surface area contributed by atoms with E-state index in [1.165, 1.54) is 19.3 Å². The Morgan fingerprint density at radius 2 is 2.00 bits per heavy atom. The average molecular weight is 228 g/mol. The first-order chi connectivity index (χ1) is 7.83. The molecule has 0 aromatic carbocycles. The number of esters is 1. The second-order valence-corrected chi connectivity index (χ2v) is 4.46. The third-order valence-electron chi connectivity index (χ3n) is 2.84. The fourth-order valence-corrected chi connectivity index (χ4v) is 1.64. The van der Waals surface area contributed by atoms with Gasteiger partial charge in [-0.25, -0.2) is 0 Å². The van der Waals surface area contributed by atoms with Crippen LogP contribution >= 0.6 is 0 Å². The molecule has 0 aromatic rings. The Morgan fingerprint density at radius 1 is 1.19 bits per heavy atom. The van der Waals surface area contributed by atoms with Crippen LogP contribution < -0.4 is 0 Å². The molecule has 0 saturated heterocycles. The largest absolute Gasteiger partial charge is 0.466 e. The van der Waals surface area contributed by atoms with Crippen molar-refractivity contribution in [1.29, 1.82) is 0 Å². The van der Waals surface area contributed by atoms with E-state index >= 15 is 0 Å². The van der Waals surface area contributed by atoms with Crippen LogP contribution in [0.3, 0.4) is 0 Å². The molecule has 0 spiro atoms. The van der Waals surface area contributed by atoms with Crippen molar-refractivity contribution in [3.05, 3.63) is 0 Å². The topological polar surface area (TPSA) is 35.5 Å². The fourth-order valence-electron chi connectivity index (χ4n) is 1.64. The molecule has 16 heavy (non-hydrogen) atoms. The lowest BCUT2D eigenvalue weighted by Gasteiger charge is -2.03. The number of rotatable bonds is 10. The van der Waals surface area contributed by atoms with E-state index in [4.69, 9.17) is 9.47 Å². The third-order valence-corrected chi connectivity index (χ3v) is 2.84. The number of unbranched alkanes of at least 4 members (excludes halogenated alkanes) is 2. The van der Waals surface area contributed by atoms with E-state index in [0.29, 0.717) is 13.0 Å². The van der Waals surface area contributed by atoms with Crippen molar-refractivity contribution in [2.45, 2.75) is 51.9 Å². The predicted molar refractivity (Wildman–Crippen MR) is 63.3 cm³/mol. The van der Waals surface area contributed by atoms with Crippen LogP contribution in [0.1, 0.15) is 51.9 Å². The molecule has 0 N–H and O–H groups in total. The smallest absolute Gasteiger partial charge is 0.305 e. The molecule has 3 heteroatoms. The maximum absolute atomic E-state index is 11.0. The van der Waals surface area contributed by atoms with Gasteiger partial charge in [0.1, 0.15) is 0 Å². The van der Waals surface area contributed by atoms with Crippen molar-refractivity contribution in [2.24, 2.45) is 5.92 Å². The van der Waals surface area contributed by atoms with E-state index in [9.17, 15) is 4.79 Å². The van der Waals surface area contributed by atoms with Crippen LogP contribution in [0.15, 0.2) is 0 Å². The Morgan fingerprint density at radius 3 is 2.69 bits per heavy atom. The highest BCUT2D eigenvalue weighted by molar-refractivity contribution is 5.69. The van der Waals surface area contributed by atoms with Gasteiger partial charge >= 0.3 is 5.97 Å². The van der Waals surface area contributed by atoms with Gasteiger partial charge in [-0.05, 0) is 32.1 Å². The van der Waals surface area contributed by atoms with Gasteiger partial charge in [-0.1, -0.05) is 19.3 Å². The summed E-state index contributed by atoms with van der Waals surface area (Å²) in [4.78, 5) is 11.0. The minimum Gasteiger partial charge on any atom is -0.466 e. The summed E-state index contributed by atoms with van der Waals surface area (Å²) in [5, 5.41) is 0. The van der Waals surface area contributed by atoms with Crippen LogP contribution in [0.25, 0.3) is 0 Å². The van der Waals surface area contributed by atoms with Crippen LogP contribution in [0, 0.1) is 5.92 Å². The molecule has 0 bridgehead atoms. The molecule has 0 aromatic heterocycles. The highest BCUT2D eigenvalue weighted by atomic mass is 16.5. The highest BCUT2D eigenvalue weighted by Crippen LogP contribution is 2.32. The minimum absolute atomic E-state index is 0.0721. The number of carbonyl (C=O) groups is 1. The van der Waals surface area contributed by atoms with Crippen LogP contribution in [0.2, 0.25) is 0 Å². The normalized spacial score (nSPS) is 15.1. The van der Waals surface area contributed by atoms with E-state index < -0.39 is 0 Å². The molecule has 0 radical (unpaired) electrons. The standard InChI is InChI=1S/C13H24O3/c1-2-16-13(14)6-4-3-5-10-15-11-9-12-7-8-12/h12H,2-11H2,1H3. The summed E-state index contributed by atoms with van der Waals surface area (Å²) in [6, 6.07) is 0. The van der Waals surface area contributed by atoms with Crippen molar-refractivity contribution >= 4 is 5.97 Å². The maximum Gasteiger partial charge on any atom is 0.305 e. The van der Waals surface area contributed by atoms with Crippen molar-refractivity contribution < 1.29 is 14.3 Å². The Labute approximate surface area is 98.5 Å². The molecule has 1 fully saturated rings. The van der Waals surface area contributed by atoms with Crippen molar-refractivity contribution in [1.82, 2.24) is 0 Å². The summed E-state index contributed by atoms with van der Waals surface area (Å²) >= 11 is 0.